The van der Waals surface area contributed by atoms with Crippen molar-refractivity contribution in [1.82, 2.24) is 4.90 Å². The van der Waals surface area contributed by atoms with Crippen LogP contribution >= 0.6 is 0 Å². The maximum absolute atomic E-state index is 12.5. The van der Waals surface area contributed by atoms with E-state index in [4.69, 9.17) is 9.47 Å². The fourth-order valence-corrected chi connectivity index (χ4v) is 2.90. The van der Waals surface area contributed by atoms with Crippen molar-refractivity contribution in [3.63, 3.8) is 0 Å². The van der Waals surface area contributed by atoms with Crippen LogP contribution in [0.1, 0.15) is 28.8 Å². The first kappa shape index (κ1) is 17.3. The van der Waals surface area contributed by atoms with Crippen molar-refractivity contribution in [3.05, 3.63) is 59.7 Å². The predicted octanol–water partition coefficient (Wildman–Crippen LogP) is 2.87. The second kappa shape index (κ2) is 8.03. The molecule has 1 saturated heterocycles. The zero-order valence-corrected chi connectivity index (χ0v) is 14.4. The summed E-state index contributed by atoms with van der Waals surface area (Å²) in [5, 5.41) is 9.71. The van der Waals surface area contributed by atoms with E-state index >= 15 is 0 Å². The summed E-state index contributed by atoms with van der Waals surface area (Å²) in [6.45, 7) is 1.57. The van der Waals surface area contributed by atoms with E-state index in [1.165, 1.54) is 0 Å². The minimum Gasteiger partial charge on any atom is -0.497 e. The van der Waals surface area contributed by atoms with E-state index in [1.54, 1.807) is 36.3 Å². The number of aliphatic hydroxyl groups is 1. The van der Waals surface area contributed by atoms with Crippen LogP contribution in [0.25, 0.3) is 0 Å². The molecule has 0 spiro atoms. The Hall–Kier alpha value is -2.53. The van der Waals surface area contributed by atoms with E-state index in [0.29, 0.717) is 31.0 Å². The van der Waals surface area contributed by atoms with Gasteiger partial charge in [0.05, 0.1) is 13.2 Å². The smallest absolute Gasteiger partial charge is 0.253 e. The van der Waals surface area contributed by atoms with Crippen LogP contribution in [-0.4, -0.2) is 42.2 Å². The highest BCUT2D eigenvalue weighted by molar-refractivity contribution is 5.94. The average molecular weight is 341 g/mol. The lowest BCUT2D eigenvalue weighted by Gasteiger charge is -2.30. The number of hydrogen-bond donors (Lipinski definition) is 1. The van der Waals surface area contributed by atoms with Gasteiger partial charge in [-0.1, -0.05) is 12.1 Å². The van der Waals surface area contributed by atoms with E-state index in [1.807, 2.05) is 24.3 Å². The third kappa shape index (κ3) is 4.51. The summed E-state index contributed by atoms with van der Waals surface area (Å²) in [4.78, 5) is 14.2. The molecule has 25 heavy (non-hydrogen) atoms. The summed E-state index contributed by atoms with van der Waals surface area (Å²) < 4.78 is 10.9. The van der Waals surface area contributed by atoms with Gasteiger partial charge in [0.2, 0.25) is 0 Å². The SMILES string of the molecule is COc1ccc(COc2ccc(C(=O)N3CCC[C@@H](O)C3)cc2)cc1. The average Bonchev–Trinajstić information content (AvgIpc) is 2.66. The van der Waals surface area contributed by atoms with Gasteiger partial charge in [-0.25, -0.2) is 0 Å². The molecule has 1 aliphatic heterocycles. The van der Waals surface area contributed by atoms with E-state index in [0.717, 1.165) is 24.2 Å². The van der Waals surface area contributed by atoms with Crippen molar-refractivity contribution in [2.75, 3.05) is 20.2 Å². The van der Waals surface area contributed by atoms with Crippen LogP contribution in [0.3, 0.4) is 0 Å². The molecule has 5 nitrogen and oxygen atoms in total. The number of piperidine rings is 1. The highest BCUT2D eigenvalue weighted by Crippen LogP contribution is 2.18. The summed E-state index contributed by atoms with van der Waals surface area (Å²) in [6, 6.07) is 14.9. The molecule has 1 aliphatic rings. The molecule has 0 radical (unpaired) electrons. The molecule has 3 rings (SSSR count). The van der Waals surface area contributed by atoms with Gasteiger partial charge < -0.3 is 19.5 Å². The fraction of sp³-hybridized carbons (Fsp3) is 0.350. The Labute approximate surface area is 147 Å². The van der Waals surface area contributed by atoms with Crippen molar-refractivity contribution >= 4 is 5.91 Å². The van der Waals surface area contributed by atoms with E-state index in [9.17, 15) is 9.90 Å². The van der Waals surface area contributed by atoms with Crippen molar-refractivity contribution in [3.8, 4) is 11.5 Å². The zero-order chi connectivity index (χ0) is 17.6. The summed E-state index contributed by atoms with van der Waals surface area (Å²) >= 11 is 0. The van der Waals surface area contributed by atoms with Crippen molar-refractivity contribution in [1.29, 1.82) is 0 Å². The number of hydrogen-bond acceptors (Lipinski definition) is 4. The topological polar surface area (TPSA) is 59.0 Å². The molecule has 1 heterocycles. The first-order chi connectivity index (χ1) is 12.2. The number of carbonyl (C=O) groups excluding carboxylic acids is 1. The number of rotatable bonds is 5. The van der Waals surface area contributed by atoms with Gasteiger partial charge in [-0.2, -0.15) is 0 Å². The summed E-state index contributed by atoms with van der Waals surface area (Å²) in [5.41, 5.74) is 1.66. The first-order valence-electron chi connectivity index (χ1n) is 8.49. The predicted molar refractivity (Wildman–Crippen MR) is 94.9 cm³/mol. The van der Waals surface area contributed by atoms with Crippen LogP contribution in [0.5, 0.6) is 11.5 Å². The van der Waals surface area contributed by atoms with Gasteiger partial charge in [-0.15, -0.1) is 0 Å². The molecule has 2 aromatic rings. The molecular weight excluding hydrogens is 318 g/mol. The van der Waals surface area contributed by atoms with Gasteiger partial charge in [-0.05, 0) is 54.8 Å². The molecule has 1 amide bonds. The molecule has 5 heteroatoms. The lowest BCUT2D eigenvalue weighted by molar-refractivity contribution is 0.0473. The van der Waals surface area contributed by atoms with Crippen LogP contribution in [0.4, 0.5) is 0 Å². The Kier molecular flexibility index (Phi) is 5.56. The Morgan fingerprint density at radius 1 is 1.12 bits per heavy atom. The molecule has 132 valence electrons. The third-order valence-electron chi connectivity index (χ3n) is 4.35. The summed E-state index contributed by atoms with van der Waals surface area (Å²) in [7, 11) is 1.64. The van der Waals surface area contributed by atoms with Crippen LogP contribution in [-0.2, 0) is 6.61 Å². The number of β-amino-alcohol motifs (C(OH)–C–C–N with tert-alkyl or cyclic N) is 1. The number of carbonyl (C=O) groups is 1. The van der Waals surface area contributed by atoms with Crippen LogP contribution in [0.2, 0.25) is 0 Å². The Morgan fingerprint density at radius 3 is 2.44 bits per heavy atom. The standard InChI is InChI=1S/C20H23NO4/c1-24-18-8-4-15(5-9-18)14-25-19-10-6-16(7-11-19)20(23)21-12-2-3-17(22)13-21/h4-11,17,22H,2-3,12-14H2,1H3/t17-/m1/s1. The number of ether oxygens (including phenoxy) is 2. The van der Waals surface area contributed by atoms with Gasteiger partial charge in [0.25, 0.3) is 5.91 Å². The normalized spacial score (nSPS) is 17.2. The van der Waals surface area contributed by atoms with Crippen molar-refractivity contribution in [2.24, 2.45) is 0 Å². The quantitative estimate of drug-likeness (QED) is 0.908. The Balaban J connectivity index is 1.57. The lowest BCUT2D eigenvalue weighted by atomic mass is 10.1. The lowest BCUT2D eigenvalue weighted by Crippen LogP contribution is -2.42. The molecule has 1 atom stereocenters. The van der Waals surface area contributed by atoms with Crippen LogP contribution in [0.15, 0.2) is 48.5 Å². The molecule has 1 N–H and O–H groups in total. The van der Waals surface area contributed by atoms with Crippen LogP contribution < -0.4 is 9.47 Å². The summed E-state index contributed by atoms with van der Waals surface area (Å²) in [6.07, 6.45) is 1.20. The molecule has 0 aliphatic carbocycles. The second-order valence-electron chi connectivity index (χ2n) is 6.21. The van der Waals surface area contributed by atoms with Gasteiger partial charge in [0, 0.05) is 18.7 Å². The van der Waals surface area contributed by atoms with Gasteiger partial charge >= 0.3 is 0 Å². The zero-order valence-electron chi connectivity index (χ0n) is 14.4. The number of likely N-dealkylation sites (tertiary alicyclic amines) is 1. The number of amides is 1. The Morgan fingerprint density at radius 2 is 1.80 bits per heavy atom. The molecule has 0 bridgehead atoms. The molecule has 0 aromatic heterocycles. The number of benzene rings is 2. The van der Waals surface area contributed by atoms with Crippen molar-refractivity contribution < 1.29 is 19.4 Å². The largest absolute Gasteiger partial charge is 0.497 e. The molecule has 0 unspecified atom stereocenters. The minimum absolute atomic E-state index is 0.0412. The van der Waals surface area contributed by atoms with E-state index in [-0.39, 0.29) is 5.91 Å². The highest BCUT2D eigenvalue weighted by atomic mass is 16.5. The van der Waals surface area contributed by atoms with Gasteiger partial charge in [0.1, 0.15) is 18.1 Å². The van der Waals surface area contributed by atoms with Gasteiger partial charge in [-0.3, -0.25) is 4.79 Å². The first-order valence-corrected chi connectivity index (χ1v) is 8.49. The number of methoxy groups -OCH3 is 1. The number of nitrogens with zero attached hydrogens (tertiary/aromatic N) is 1. The monoisotopic (exact) mass is 341 g/mol. The molecule has 1 fully saturated rings. The molecule has 0 saturated carbocycles. The highest BCUT2D eigenvalue weighted by Gasteiger charge is 2.22. The molecule has 2 aromatic carbocycles. The van der Waals surface area contributed by atoms with E-state index in [2.05, 4.69) is 0 Å². The Bertz CT molecular complexity index is 697. The van der Waals surface area contributed by atoms with Crippen molar-refractivity contribution in [2.45, 2.75) is 25.6 Å². The number of aliphatic hydroxyl groups excluding tert-OH is 1. The van der Waals surface area contributed by atoms with Crippen LogP contribution in [0, 0.1) is 0 Å². The molecular formula is C20H23NO4. The second-order valence-corrected chi connectivity index (χ2v) is 6.21. The maximum Gasteiger partial charge on any atom is 0.253 e. The fourth-order valence-electron chi connectivity index (χ4n) is 2.90. The summed E-state index contributed by atoms with van der Waals surface area (Å²) in [5.74, 6) is 1.49. The maximum atomic E-state index is 12.5. The third-order valence-corrected chi connectivity index (χ3v) is 4.35. The minimum atomic E-state index is -0.412. The van der Waals surface area contributed by atoms with E-state index < -0.39 is 6.10 Å². The van der Waals surface area contributed by atoms with Gasteiger partial charge in [0.15, 0.2) is 0 Å².